The van der Waals surface area contributed by atoms with Crippen LogP contribution >= 0.6 is 0 Å². The van der Waals surface area contributed by atoms with Crippen molar-refractivity contribution < 1.29 is 48.3 Å². The minimum atomic E-state index is -1.26. The Balaban J connectivity index is 1.87. The first-order valence-corrected chi connectivity index (χ1v) is 17.3. The Kier molecular flexibility index (Phi) is 18.2. The van der Waals surface area contributed by atoms with Crippen LogP contribution in [0.1, 0.15) is 38.8 Å². The molecule has 296 valence electrons. The van der Waals surface area contributed by atoms with Crippen molar-refractivity contribution in [1.82, 2.24) is 37.2 Å². The molecule has 18 nitrogen and oxygen atoms in total. The molecule has 8 amide bonds. The summed E-state index contributed by atoms with van der Waals surface area (Å²) in [6.45, 7) is 5.00. The van der Waals surface area contributed by atoms with Crippen molar-refractivity contribution in [2.75, 3.05) is 13.1 Å². The van der Waals surface area contributed by atoms with Gasteiger partial charge in [0.2, 0.25) is 47.3 Å². The number of carboxylic acids is 1. The van der Waals surface area contributed by atoms with E-state index in [1.807, 2.05) is 0 Å². The van der Waals surface area contributed by atoms with Crippen LogP contribution in [-0.2, 0) is 56.0 Å². The lowest BCUT2D eigenvalue weighted by Crippen LogP contribution is -2.58. The molecule has 0 unspecified atom stereocenters. The molecule has 0 fully saturated rings. The van der Waals surface area contributed by atoms with E-state index in [1.165, 1.54) is 13.8 Å². The maximum atomic E-state index is 13.3. The van der Waals surface area contributed by atoms with E-state index >= 15 is 0 Å². The number of carboxylic acid groups (broad SMARTS) is 1. The maximum Gasteiger partial charge on any atom is 0.326 e. The van der Waals surface area contributed by atoms with E-state index < -0.39 is 96.5 Å². The zero-order chi connectivity index (χ0) is 41.1. The van der Waals surface area contributed by atoms with E-state index in [4.69, 9.17) is 5.73 Å². The molecule has 0 saturated heterocycles. The first kappa shape index (κ1) is 44.6. The predicted molar refractivity (Wildman–Crippen MR) is 198 cm³/mol. The Bertz CT molecular complexity index is 1720. The highest BCUT2D eigenvalue weighted by Gasteiger charge is 2.29. The molecule has 18 heteroatoms. The van der Waals surface area contributed by atoms with Crippen molar-refractivity contribution in [3.8, 4) is 0 Å². The van der Waals surface area contributed by atoms with E-state index in [0.29, 0.717) is 11.1 Å². The topological polar surface area (TPSA) is 284 Å². The van der Waals surface area contributed by atoms with Gasteiger partial charge in [0.25, 0.3) is 0 Å². The number of hydrogen-bond acceptors (Lipinski definition) is 9. The quantitative estimate of drug-likeness (QED) is 0.0628. The van der Waals surface area contributed by atoms with Crippen LogP contribution in [0.4, 0.5) is 0 Å². The van der Waals surface area contributed by atoms with Gasteiger partial charge in [0.1, 0.15) is 30.2 Å². The molecule has 2 rings (SSSR count). The van der Waals surface area contributed by atoms with Gasteiger partial charge >= 0.3 is 5.97 Å². The fourth-order valence-corrected chi connectivity index (χ4v) is 4.82. The van der Waals surface area contributed by atoms with Gasteiger partial charge in [-0.05, 0) is 30.9 Å². The summed E-state index contributed by atoms with van der Waals surface area (Å²) < 4.78 is 0. The van der Waals surface area contributed by atoms with Crippen LogP contribution in [0, 0.1) is 5.92 Å². The van der Waals surface area contributed by atoms with Gasteiger partial charge in [0.15, 0.2) is 0 Å². The fourth-order valence-electron chi connectivity index (χ4n) is 4.82. The SMILES string of the molecule is CC(C)[C@H](NC(=O)[C@H](C)NC(=O)[C@H](Cc1ccccc1)NC(=O)[C@H](C)NC(=O)/C=C/C(=O)NCC(=O)NCC(=O)N[C@@H](Cc1ccccc1)C(=O)O)C(N)=O. The summed E-state index contributed by atoms with van der Waals surface area (Å²) in [6.07, 6.45) is 1.68. The van der Waals surface area contributed by atoms with Crippen LogP contribution in [0.3, 0.4) is 0 Å². The van der Waals surface area contributed by atoms with Gasteiger partial charge in [-0.3, -0.25) is 38.4 Å². The molecule has 0 aliphatic heterocycles. The van der Waals surface area contributed by atoms with E-state index in [9.17, 15) is 48.3 Å². The molecule has 0 aliphatic rings. The number of benzene rings is 2. The fraction of sp³-hybridized carbons (Fsp3) is 0.378. The van der Waals surface area contributed by atoms with Gasteiger partial charge in [0, 0.05) is 25.0 Å². The average molecular weight is 765 g/mol. The monoisotopic (exact) mass is 764 g/mol. The lowest BCUT2D eigenvalue weighted by Gasteiger charge is -2.25. The van der Waals surface area contributed by atoms with Crippen LogP contribution in [0.25, 0.3) is 0 Å². The number of hydrogen-bond donors (Lipinski definition) is 9. The Hall–Kier alpha value is -6.59. The largest absolute Gasteiger partial charge is 0.480 e. The van der Waals surface area contributed by atoms with Gasteiger partial charge < -0.3 is 48.1 Å². The highest BCUT2D eigenvalue weighted by Crippen LogP contribution is 2.06. The molecule has 0 radical (unpaired) electrons. The number of nitrogens with two attached hydrogens (primary N) is 1. The first-order valence-electron chi connectivity index (χ1n) is 17.3. The van der Waals surface area contributed by atoms with Crippen molar-refractivity contribution in [2.24, 2.45) is 11.7 Å². The van der Waals surface area contributed by atoms with Gasteiger partial charge in [-0.25, -0.2) is 4.79 Å². The van der Waals surface area contributed by atoms with E-state index in [-0.39, 0.29) is 18.8 Å². The van der Waals surface area contributed by atoms with Gasteiger partial charge in [-0.1, -0.05) is 74.5 Å². The summed E-state index contributed by atoms with van der Waals surface area (Å²) in [5.41, 5.74) is 6.74. The molecule has 55 heavy (non-hydrogen) atoms. The predicted octanol–water partition coefficient (Wildman–Crippen LogP) is -2.05. The number of primary amides is 1. The van der Waals surface area contributed by atoms with Crippen molar-refractivity contribution in [3.63, 3.8) is 0 Å². The Labute approximate surface area is 317 Å². The number of nitrogens with one attached hydrogen (secondary N) is 7. The Morgan fingerprint density at radius 2 is 1.07 bits per heavy atom. The van der Waals surface area contributed by atoms with Gasteiger partial charge in [-0.15, -0.1) is 0 Å². The molecule has 0 aromatic heterocycles. The third-order valence-electron chi connectivity index (χ3n) is 7.86. The van der Waals surface area contributed by atoms with Crippen molar-refractivity contribution in [3.05, 3.63) is 83.9 Å². The normalized spacial score (nSPS) is 13.5. The summed E-state index contributed by atoms with van der Waals surface area (Å²) in [4.78, 5) is 111. The second-order valence-electron chi connectivity index (χ2n) is 12.8. The van der Waals surface area contributed by atoms with Gasteiger partial charge in [0.05, 0.1) is 13.1 Å². The molecule has 0 bridgehead atoms. The smallest absolute Gasteiger partial charge is 0.326 e. The van der Waals surface area contributed by atoms with Crippen LogP contribution in [0.5, 0.6) is 0 Å². The zero-order valence-corrected chi connectivity index (χ0v) is 30.9. The molecule has 5 atom stereocenters. The summed E-state index contributed by atoms with van der Waals surface area (Å²) in [7, 11) is 0. The van der Waals surface area contributed by atoms with Gasteiger partial charge in [-0.2, -0.15) is 0 Å². The number of carbonyl (C=O) groups excluding carboxylic acids is 8. The van der Waals surface area contributed by atoms with Crippen molar-refractivity contribution in [1.29, 1.82) is 0 Å². The molecular weight excluding hydrogens is 716 g/mol. The summed E-state index contributed by atoms with van der Waals surface area (Å²) in [5, 5.41) is 26.1. The van der Waals surface area contributed by atoms with Crippen LogP contribution in [-0.4, -0.2) is 102 Å². The third-order valence-corrected chi connectivity index (χ3v) is 7.86. The minimum absolute atomic E-state index is 0.0265. The number of amides is 8. The standard InChI is InChI=1S/C37H48N8O10/c1-21(2)32(33(38)50)45-35(52)23(4)42-36(53)26(17-24-11-7-5-8-12-24)44-34(51)22(3)41-29(47)16-15-28(46)39-19-30(48)40-20-31(49)43-27(37(54)55)18-25-13-9-6-10-14-25/h5-16,21-23,26-27,32H,17-20H2,1-4H3,(H2,38,50)(H,39,46)(H,40,48)(H,41,47)(H,42,53)(H,43,49)(H,44,51)(H,45,52)(H,54,55)/b16-15+/t22-,23-,26-,27-,32-/m0/s1. The zero-order valence-electron chi connectivity index (χ0n) is 30.9. The Morgan fingerprint density at radius 3 is 1.60 bits per heavy atom. The number of rotatable bonds is 21. The summed E-state index contributed by atoms with van der Waals surface area (Å²) in [6, 6.07) is 11.7. The van der Waals surface area contributed by atoms with Crippen LogP contribution < -0.4 is 43.0 Å². The lowest BCUT2D eigenvalue weighted by molar-refractivity contribution is -0.141. The molecule has 10 N–H and O–H groups in total. The van der Waals surface area contributed by atoms with E-state index in [2.05, 4.69) is 37.2 Å². The minimum Gasteiger partial charge on any atom is -0.480 e. The summed E-state index contributed by atoms with van der Waals surface area (Å²) >= 11 is 0. The molecule has 0 heterocycles. The highest BCUT2D eigenvalue weighted by molar-refractivity contribution is 6.00. The molecule has 2 aromatic carbocycles. The number of carbonyl (C=O) groups is 9. The first-order chi connectivity index (χ1) is 26.0. The summed E-state index contributed by atoms with van der Waals surface area (Å²) in [5.74, 6) is -7.68. The second-order valence-corrected chi connectivity index (χ2v) is 12.8. The molecule has 0 saturated carbocycles. The molecule has 2 aromatic rings. The third kappa shape index (κ3) is 16.7. The van der Waals surface area contributed by atoms with E-state index in [1.54, 1.807) is 74.5 Å². The van der Waals surface area contributed by atoms with Crippen molar-refractivity contribution in [2.45, 2.75) is 70.7 Å². The average Bonchev–Trinajstić information content (AvgIpc) is 3.14. The van der Waals surface area contributed by atoms with Crippen LogP contribution in [0.15, 0.2) is 72.8 Å². The van der Waals surface area contributed by atoms with E-state index in [0.717, 1.165) is 12.2 Å². The second kappa shape index (κ2) is 22.5. The number of aliphatic carboxylic acids is 1. The lowest BCUT2D eigenvalue weighted by atomic mass is 10.0. The maximum absolute atomic E-state index is 13.3. The van der Waals surface area contributed by atoms with Crippen molar-refractivity contribution >= 4 is 53.2 Å². The molecule has 0 spiro atoms. The highest BCUT2D eigenvalue weighted by atomic mass is 16.4. The molecular formula is C37H48N8O10. The Morgan fingerprint density at radius 1 is 0.582 bits per heavy atom. The molecule has 0 aliphatic carbocycles. The van der Waals surface area contributed by atoms with Crippen LogP contribution in [0.2, 0.25) is 0 Å².